The zero-order valence-electron chi connectivity index (χ0n) is 13.5. The van der Waals surface area contributed by atoms with E-state index in [4.69, 9.17) is 0 Å². The standard InChI is InChI=1S/C19H11F6NO/c20-18(21,22)15-6-1-12(2-7-15)14-5-10-17(26(27)11-14)13-3-8-16(9-4-13)19(23,24)25/h1-11H. The summed E-state index contributed by atoms with van der Waals surface area (Å²) in [6, 6.07) is 11.4. The fraction of sp³-hybridized carbons (Fsp3) is 0.105. The van der Waals surface area contributed by atoms with Gasteiger partial charge in [-0.3, -0.25) is 0 Å². The fourth-order valence-corrected chi connectivity index (χ4v) is 2.56. The van der Waals surface area contributed by atoms with Crippen LogP contribution in [0.15, 0.2) is 66.9 Å². The van der Waals surface area contributed by atoms with Crippen molar-refractivity contribution >= 4 is 0 Å². The zero-order chi connectivity index (χ0) is 19.8. The number of halogens is 6. The number of alkyl halides is 6. The average molecular weight is 383 g/mol. The Bertz CT molecular complexity index is 944. The van der Waals surface area contributed by atoms with Gasteiger partial charge in [0.05, 0.1) is 11.1 Å². The molecule has 0 aliphatic rings. The molecule has 140 valence electrons. The van der Waals surface area contributed by atoms with Crippen LogP contribution in [0.3, 0.4) is 0 Å². The summed E-state index contributed by atoms with van der Waals surface area (Å²) in [5.41, 5.74) is -0.426. The van der Waals surface area contributed by atoms with Crippen molar-refractivity contribution in [3.05, 3.63) is 83.2 Å². The van der Waals surface area contributed by atoms with Crippen molar-refractivity contribution in [3.8, 4) is 22.4 Å². The summed E-state index contributed by atoms with van der Waals surface area (Å²) in [7, 11) is 0. The van der Waals surface area contributed by atoms with E-state index in [-0.39, 0.29) is 11.3 Å². The molecule has 0 saturated heterocycles. The van der Waals surface area contributed by atoms with Crippen LogP contribution < -0.4 is 4.73 Å². The highest BCUT2D eigenvalue weighted by molar-refractivity contribution is 5.65. The van der Waals surface area contributed by atoms with Crippen LogP contribution in [0.5, 0.6) is 0 Å². The van der Waals surface area contributed by atoms with Crippen molar-refractivity contribution in [2.45, 2.75) is 12.4 Å². The highest BCUT2D eigenvalue weighted by Crippen LogP contribution is 2.32. The predicted molar refractivity (Wildman–Crippen MR) is 86.3 cm³/mol. The quantitative estimate of drug-likeness (QED) is 0.317. The molecular formula is C19H11F6NO. The molecule has 0 amide bonds. The van der Waals surface area contributed by atoms with Gasteiger partial charge in [-0.1, -0.05) is 12.1 Å². The van der Waals surface area contributed by atoms with Gasteiger partial charge in [0.2, 0.25) is 5.69 Å². The van der Waals surface area contributed by atoms with Gasteiger partial charge in [0.15, 0.2) is 6.20 Å². The molecule has 3 aromatic rings. The second-order valence-electron chi connectivity index (χ2n) is 5.78. The minimum atomic E-state index is -4.47. The average Bonchev–Trinajstić information content (AvgIpc) is 2.60. The summed E-state index contributed by atoms with van der Waals surface area (Å²) in [6.07, 6.45) is -7.77. The van der Waals surface area contributed by atoms with Crippen molar-refractivity contribution in [2.24, 2.45) is 0 Å². The number of hydrogen-bond donors (Lipinski definition) is 0. The monoisotopic (exact) mass is 383 g/mol. The minimum Gasteiger partial charge on any atom is -0.618 e. The van der Waals surface area contributed by atoms with Gasteiger partial charge in [-0.25, -0.2) is 0 Å². The molecule has 0 N–H and O–H groups in total. The Balaban J connectivity index is 1.90. The molecule has 1 aromatic heterocycles. The van der Waals surface area contributed by atoms with Crippen molar-refractivity contribution < 1.29 is 31.1 Å². The number of pyridine rings is 1. The summed E-state index contributed by atoms with van der Waals surface area (Å²) in [5.74, 6) is 0. The molecule has 0 unspecified atom stereocenters. The first-order valence-electron chi connectivity index (χ1n) is 7.64. The summed E-state index contributed by atoms with van der Waals surface area (Å²) in [4.78, 5) is 0. The maximum absolute atomic E-state index is 12.6. The van der Waals surface area contributed by atoms with E-state index in [0.717, 1.165) is 30.5 Å². The van der Waals surface area contributed by atoms with Crippen molar-refractivity contribution in [2.75, 3.05) is 0 Å². The Kier molecular flexibility index (Phi) is 4.59. The molecule has 0 saturated carbocycles. The zero-order valence-corrected chi connectivity index (χ0v) is 13.5. The number of benzene rings is 2. The van der Waals surface area contributed by atoms with Gasteiger partial charge >= 0.3 is 12.4 Å². The number of aromatic nitrogens is 1. The van der Waals surface area contributed by atoms with E-state index in [1.54, 1.807) is 0 Å². The molecule has 0 spiro atoms. The van der Waals surface area contributed by atoms with E-state index in [0.29, 0.717) is 15.9 Å². The molecule has 2 nitrogen and oxygen atoms in total. The molecule has 2 aromatic carbocycles. The third-order valence-electron chi connectivity index (χ3n) is 3.97. The van der Waals surface area contributed by atoms with E-state index in [9.17, 15) is 31.5 Å². The number of nitrogens with zero attached hydrogens (tertiary/aromatic N) is 1. The first-order chi connectivity index (χ1) is 12.6. The van der Waals surface area contributed by atoms with Crippen LogP contribution in [-0.2, 0) is 12.4 Å². The van der Waals surface area contributed by atoms with Gasteiger partial charge in [-0.2, -0.15) is 31.1 Å². The normalized spacial score (nSPS) is 12.2. The Morgan fingerprint density at radius 1 is 0.556 bits per heavy atom. The van der Waals surface area contributed by atoms with Crippen LogP contribution in [0.2, 0.25) is 0 Å². The lowest BCUT2D eigenvalue weighted by molar-refractivity contribution is -0.593. The van der Waals surface area contributed by atoms with Crippen molar-refractivity contribution in [1.82, 2.24) is 0 Å². The van der Waals surface area contributed by atoms with Gasteiger partial charge in [-0.15, -0.1) is 0 Å². The molecule has 1 heterocycles. The third kappa shape index (κ3) is 4.05. The molecule has 8 heteroatoms. The molecule has 0 bridgehead atoms. The molecule has 0 radical (unpaired) electrons. The van der Waals surface area contributed by atoms with Gasteiger partial charge in [0.25, 0.3) is 0 Å². The van der Waals surface area contributed by atoms with E-state index >= 15 is 0 Å². The summed E-state index contributed by atoms with van der Waals surface area (Å²) in [6.45, 7) is 0. The molecular weight excluding hydrogens is 372 g/mol. The van der Waals surface area contributed by atoms with Crippen molar-refractivity contribution in [1.29, 1.82) is 0 Å². The number of rotatable bonds is 2. The predicted octanol–water partition coefficient (Wildman–Crippen LogP) is 5.69. The Labute approximate surface area is 149 Å². The van der Waals surface area contributed by atoms with Crippen LogP contribution in [0.25, 0.3) is 22.4 Å². The van der Waals surface area contributed by atoms with Gasteiger partial charge in [0.1, 0.15) is 0 Å². The molecule has 3 rings (SSSR count). The molecule has 0 atom stereocenters. The van der Waals surface area contributed by atoms with Crippen LogP contribution in [-0.4, -0.2) is 0 Å². The maximum atomic E-state index is 12.6. The van der Waals surface area contributed by atoms with E-state index in [1.165, 1.54) is 36.4 Å². The number of hydrogen-bond acceptors (Lipinski definition) is 1. The second-order valence-corrected chi connectivity index (χ2v) is 5.78. The van der Waals surface area contributed by atoms with Gasteiger partial charge in [0, 0.05) is 17.2 Å². The Morgan fingerprint density at radius 3 is 1.37 bits per heavy atom. The Hall–Kier alpha value is -3.03. The molecule has 0 aliphatic carbocycles. The van der Waals surface area contributed by atoms with E-state index in [1.807, 2.05) is 0 Å². The Morgan fingerprint density at radius 2 is 0.963 bits per heavy atom. The lowest BCUT2D eigenvalue weighted by Gasteiger charge is -2.10. The summed E-state index contributed by atoms with van der Waals surface area (Å²) >= 11 is 0. The molecule has 0 fully saturated rings. The first kappa shape index (κ1) is 18.8. The topological polar surface area (TPSA) is 26.9 Å². The van der Waals surface area contributed by atoms with Crippen LogP contribution in [0.4, 0.5) is 26.3 Å². The molecule has 27 heavy (non-hydrogen) atoms. The fourth-order valence-electron chi connectivity index (χ4n) is 2.56. The minimum absolute atomic E-state index is 0.124. The van der Waals surface area contributed by atoms with Crippen LogP contribution in [0.1, 0.15) is 11.1 Å². The first-order valence-corrected chi connectivity index (χ1v) is 7.64. The van der Waals surface area contributed by atoms with E-state index < -0.39 is 23.5 Å². The highest BCUT2D eigenvalue weighted by Gasteiger charge is 2.31. The lowest BCUT2D eigenvalue weighted by Crippen LogP contribution is -2.28. The van der Waals surface area contributed by atoms with Crippen LogP contribution >= 0.6 is 0 Å². The SMILES string of the molecule is [O-][n+]1cc(-c2ccc(C(F)(F)F)cc2)ccc1-c1ccc(C(F)(F)F)cc1. The largest absolute Gasteiger partial charge is 0.618 e. The summed E-state index contributed by atoms with van der Waals surface area (Å²) < 4.78 is 76.1. The molecule has 0 aliphatic heterocycles. The smallest absolute Gasteiger partial charge is 0.416 e. The maximum Gasteiger partial charge on any atom is 0.416 e. The lowest BCUT2D eigenvalue weighted by atomic mass is 10.0. The van der Waals surface area contributed by atoms with Crippen LogP contribution in [0, 0.1) is 5.21 Å². The third-order valence-corrected chi connectivity index (χ3v) is 3.97. The van der Waals surface area contributed by atoms with Crippen molar-refractivity contribution in [3.63, 3.8) is 0 Å². The van der Waals surface area contributed by atoms with Gasteiger partial charge in [-0.05, 0) is 48.0 Å². The summed E-state index contributed by atoms with van der Waals surface area (Å²) in [5, 5.41) is 12.2. The van der Waals surface area contributed by atoms with E-state index in [2.05, 4.69) is 0 Å². The highest BCUT2D eigenvalue weighted by atomic mass is 19.4. The van der Waals surface area contributed by atoms with Gasteiger partial charge < -0.3 is 5.21 Å². The second kappa shape index (κ2) is 6.61.